The van der Waals surface area contributed by atoms with Gasteiger partial charge in [0.05, 0.1) is 44.1 Å². The Hall–Kier alpha value is -1.83. The number of rotatable bonds is 15. The third-order valence-electron chi connectivity index (χ3n) is 19.2. The number of fused-ring (bicyclic) bond motifs is 3. The van der Waals surface area contributed by atoms with Crippen LogP contribution in [0.25, 0.3) is 0 Å². The number of ether oxygens (including phenoxy) is 10. The molecule has 9 rings (SSSR count). The topological polar surface area (TPSA) is 453 Å². The largest absolute Gasteiger partial charge is 0.432 e. The summed E-state index contributed by atoms with van der Waals surface area (Å²) in [6.45, 7) is 4.32. The van der Waals surface area contributed by atoms with Crippen LogP contribution >= 0.6 is 0 Å². The molecule has 28 nitrogen and oxygen atoms in total. The van der Waals surface area contributed by atoms with Gasteiger partial charge < -0.3 is 134 Å². The first-order chi connectivity index (χ1) is 36.9. The zero-order valence-electron chi connectivity index (χ0n) is 43.3. The van der Waals surface area contributed by atoms with Crippen LogP contribution in [0.4, 0.5) is 0 Å². The number of carbonyl (C=O) groups excluding carboxylic acids is 1. The molecule has 5 heterocycles. The predicted molar refractivity (Wildman–Crippen MR) is 252 cm³/mol. The third kappa shape index (κ3) is 10.3. The molecule has 0 unspecified atom stereocenters. The van der Waals surface area contributed by atoms with E-state index in [1.165, 1.54) is 0 Å². The van der Waals surface area contributed by atoms with Gasteiger partial charge in [-0.2, -0.15) is 0 Å². The fourth-order valence-corrected chi connectivity index (χ4v) is 15.0. The van der Waals surface area contributed by atoms with Crippen LogP contribution in [-0.4, -0.2) is 285 Å². The van der Waals surface area contributed by atoms with Gasteiger partial charge in [0.25, 0.3) is 0 Å². The third-order valence-corrected chi connectivity index (χ3v) is 19.2. The Morgan fingerprint density at radius 3 is 1.41 bits per heavy atom. The molecule has 4 saturated carbocycles. The van der Waals surface area contributed by atoms with E-state index in [-0.39, 0.29) is 11.8 Å². The van der Waals surface area contributed by atoms with Crippen molar-refractivity contribution >= 4 is 5.97 Å². The molecule has 31 atom stereocenters. The summed E-state index contributed by atoms with van der Waals surface area (Å²) >= 11 is 0. The van der Waals surface area contributed by atoms with Crippen molar-refractivity contribution in [2.45, 2.75) is 231 Å². The lowest BCUT2D eigenvalue weighted by atomic mass is 9.41. The van der Waals surface area contributed by atoms with E-state index in [0.717, 1.165) is 0 Å². The molecular weight excluding hydrogens is 1050 g/mol. The summed E-state index contributed by atoms with van der Waals surface area (Å²) < 4.78 is 60.3. The zero-order chi connectivity index (χ0) is 56.7. The number of aliphatic hydroxyl groups excluding tert-OH is 17. The van der Waals surface area contributed by atoms with Crippen molar-refractivity contribution in [3.63, 3.8) is 0 Å². The van der Waals surface area contributed by atoms with E-state index in [1.54, 1.807) is 6.92 Å². The fraction of sp³-hybridized carbons (Fsp3) is 0.940. The van der Waals surface area contributed by atoms with E-state index in [4.69, 9.17) is 47.4 Å². The standard InChI is InChI=1S/C50H80O28/c1-18-11-49-9-5-24-47(2,7-4-8-48(24,3)46(68)77-44-39(34(64)29(59)22(15-54)72-44)75-42-36(66)32(62)27(57)20(13-52)70-42)25(49)6-10-50(18,17-49)78-45-40(76-43-37(67)33(63)28(58)21(14-53)71-43)38(30(60)23(16-55)73-45)74-41-35(65)31(61)26(56)19(12-51)69-41/h19-45,51-67H,1,4-17H2,2-3H3/t19-,20-,21-,22-,23-,24-,25-,26-,27-,28-,29-,30-,31+,32+,33+,34+,35-,36-,37-,38+,39-,40-,41+,42+,43+,44+,45+,47+,48-,49+,50-/m1/s1. The van der Waals surface area contributed by atoms with Crippen molar-refractivity contribution in [3.8, 4) is 0 Å². The zero-order valence-corrected chi connectivity index (χ0v) is 43.3. The van der Waals surface area contributed by atoms with E-state index in [0.29, 0.717) is 63.4 Å². The smallest absolute Gasteiger partial charge is 0.314 e. The van der Waals surface area contributed by atoms with Gasteiger partial charge in [-0.3, -0.25) is 4.79 Å². The number of hydrogen-bond acceptors (Lipinski definition) is 28. The van der Waals surface area contributed by atoms with Gasteiger partial charge in [0.1, 0.15) is 116 Å². The van der Waals surface area contributed by atoms with E-state index >= 15 is 0 Å². The molecule has 1 spiro atoms. The Morgan fingerprint density at radius 2 is 0.910 bits per heavy atom. The summed E-state index contributed by atoms with van der Waals surface area (Å²) in [7, 11) is 0. The van der Waals surface area contributed by atoms with Crippen LogP contribution in [-0.2, 0) is 52.2 Å². The summed E-state index contributed by atoms with van der Waals surface area (Å²) in [5.41, 5.74) is -2.81. The average Bonchev–Trinajstić information content (AvgIpc) is 3.69. The Bertz CT molecular complexity index is 2070. The van der Waals surface area contributed by atoms with Crippen molar-refractivity contribution in [1.29, 1.82) is 0 Å². The van der Waals surface area contributed by atoms with E-state index in [1.807, 2.05) is 0 Å². The lowest BCUT2D eigenvalue weighted by Gasteiger charge is -2.64. The number of carbonyl (C=O) groups is 1. The summed E-state index contributed by atoms with van der Waals surface area (Å²) in [5, 5.41) is 181. The molecule has 0 aromatic carbocycles. The van der Waals surface area contributed by atoms with Gasteiger partial charge in [-0.25, -0.2) is 0 Å². The van der Waals surface area contributed by atoms with E-state index in [9.17, 15) is 91.6 Å². The van der Waals surface area contributed by atoms with Crippen LogP contribution in [0.2, 0.25) is 0 Å². The quantitative estimate of drug-likeness (QED) is 0.0411. The fourth-order valence-electron chi connectivity index (χ4n) is 15.0. The van der Waals surface area contributed by atoms with Gasteiger partial charge in [-0.15, -0.1) is 0 Å². The highest BCUT2D eigenvalue weighted by Crippen LogP contribution is 2.74. The molecule has 78 heavy (non-hydrogen) atoms. The van der Waals surface area contributed by atoms with Crippen molar-refractivity contribution < 1.29 is 139 Å². The maximum absolute atomic E-state index is 14.9. The monoisotopic (exact) mass is 1130 g/mol. The summed E-state index contributed by atoms with van der Waals surface area (Å²) in [5.74, 6) is -1.14. The summed E-state index contributed by atoms with van der Waals surface area (Å²) in [6.07, 6.45) is -39.9. The maximum atomic E-state index is 14.9. The first-order valence-corrected chi connectivity index (χ1v) is 26.9. The highest BCUT2D eigenvalue weighted by Gasteiger charge is 2.70. The summed E-state index contributed by atoms with van der Waals surface area (Å²) in [6, 6.07) is 0. The van der Waals surface area contributed by atoms with Gasteiger partial charge in [0, 0.05) is 0 Å². The Kier molecular flexibility index (Phi) is 18.2. The second-order valence-electron chi connectivity index (χ2n) is 23.6. The maximum Gasteiger partial charge on any atom is 0.314 e. The molecule has 5 saturated heterocycles. The Labute approximate surface area is 448 Å². The minimum Gasteiger partial charge on any atom is -0.432 e. The molecule has 0 radical (unpaired) electrons. The minimum absolute atomic E-state index is 0.0705. The lowest BCUT2D eigenvalue weighted by Crippen LogP contribution is -2.68. The molecular formula is C50H80O28. The predicted octanol–water partition coefficient (Wildman–Crippen LogP) is -7.29. The van der Waals surface area contributed by atoms with Crippen molar-refractivity contribution in [3.05, 3.63) is 12.2 Å². The molecule has 9 fully saturated rings. The average molecular weight is 1130 g/mol. The highest BCUT2D eigenvalue weighted by atomic mass is 16.8. The van der Waals surface area contributed by atoms with Crippen molar-refractivity contribution in [2.24, 2.45) is 28.1 Å². The second-order valence-corrected chi connectivity index (χ2v) is 23.6. The molecule has 0 aromatic rings. The molecule has 5 aliphatic heterocycles. The summed E-state index contributed by atoms with van der Waals surface area (Å²) in [4.78, 5) is 14.9. The number of aliphatic hydroxyl groups is 17. The van der Waals surface area contributed by atoms with Gasteiger partial charge in [-0.05, 0) is 86.5 Å². The van der Waals surface area contributed by atoms with E-state index < -0.39 is 214 Å². The molecule has 0 amide bonds. The van der Waals surface area contributed by atoms with E-state index in [2.05, 4.69) is 13.5 Å². The molecule has 2 bridgehead atoms. The van der Waals surface area contributed by atoms with Crippen LogP contribution in [0.1, 0.15) is 71.6 Å². The van der Waals surface area contributed by atoms with Crippen molar-refractivity contribution in [2.75, 3.05) is 33.0 Å². The first-order valence-electron chi connectivity index (χ1n) is 26.9. The molecule has 9 aliphatic rings. The molecule has 0 aromatic heterocycles. The molecule has 17 N–H and O–H groups in total. The van der Waals surface area contributed by atoms with Crippen LogP contribution in [0.5, 0.6) is 0 Å². The molecule has 4 aliphatic carbocycles. The van der Waals surface area contributed by atoms with Crippen LogP contribution in [0.15, 0.2) is 12.2 Å². The van der Waals surface area contributed by atoms with Crippen LogP contribution in [0.3, 0.4) is 0 Å². The second kappa shape index (κ2) is 23.3. The lowest BCUT2D eigenvalue weighted by molar-refractivity contribution is -0.400. The van der Waals surface area contributed by atoms with Gasteiger partial charge in [0.2, 0.25) is 6.29 Å². The molecule has 28 heteroatoms. The number of esters is 1. The molecule has 448 valence electrons. The first kappa shape index (κ1) is 60.8. The SMILES string of the molecule is C=C1C[C@]23CC[C@@H]4[C@](C)(CCC[C@@]4(C)C(=O)O[C@@H]4O[C@H](CO)[C@@H](O)[C@H](O)[C@H]4O[C@@H]4O[C@H](CO)[C@@H](O)[C@H](O)[C@H]4O)[C@H]2CC[C@@]1(O[C@@H]1O[C@H](CO)[C@@H](O)[C@H](O[C@@H]2O[C@H](CO)[C@@H](O)[C@H](O)[C@H]2O)[C@H]1O[C@@H]1O[C@H](CO)[C@@H](O)[C@H](O)[C@H]1O)C3. The Morgan fingerprint density at radius 1 is 0.487 bits per heavy atom. The highest BCUT2D eigenvalue weighted by molar-refractivity contribution is 5.77. The van der Waals surface area contributed by atoms with Gasteiger partial charge >= 0.3 is 5.97 Å². The van der Waals surface area contributed by atoms with Gasteiger partial charge in [0.15, 0.2) is 31.3 Å². The van der Waals surface area contributed by atoms with Gasteiger partial charge in [-0.1, -0.05) is 19.9 Å². The minimum atomic E-state index is -1.99. The Balaban J connectivity index is 0.968. The normalized spacial score (nSPS) is 54.5. The van der Waals surface area contributed by atoms with Crippen molar-refractivity contribution in [1.82, 2.24) is 0 Å². The number of hydrogen-bond donors (Lipinski definition) is 17. The van der Waals surface area contributed by atoms with Crippen LogP contribution < -0.4 is 0 Å². The van der Waals surface area contributed by atoms with Crippen LogP contribution in [0, 0.1) is 28.1 Å².